The van der Waals surface area contributed by atoms with E-state index in [4.69, 9.17) is 5.11 Å². The molecule has 0 amide bonds. The Morgan fingerprint density at radius 1 is 1.65 bits per heavy atom. The molecule has 2 rings (SSSR count). The normalized spacial score (nSPS) is 16.7. The summed E-state index contributed by atoms with van der Waals surface area (Å²) in [5.74, 6) is -0.638. The summed E-state index contributed by atoms with van der Waals surface area (Å²) >= 11 is 1.07. The van der Waals surface area contributed by atoms with E-state index in [0.717, 1.165) is 29.1 Å². The van der Waals surface area contributed by atoms with Crippen LogP contribution in [0.5, 0.6) is 0 Å². The fourth-order valence-electron chi connectivity index (χ4n) is 1.66. The number of hydrogen-bond acceptors (Lipinski definition) is 5. The van der Waals surface area contributed by atoms with Crippen molar-refractivity contribution in [2.45, 2.75) is 25.4 Å². The van der Waals surface area contributed by atoms with E-state index in [-0.39, 0.29) is 10.9 Å². The van der Waals surface area contributed by atoms with Gasteiger partial charge in [0.2, 0.25) is 0 Å². The summed E-state index contributed by atoms with van der Waals surface area (Å²) < 4.78 is 0. The van der Waals surface area contributed by atoms with Gasteiger partial charge in [-0.2, -0.15) is 0 Å². The Labute approximate surface area is 101 Å². The molecule has 1 saturated carbocycles. The molecule has 0 bridgehead atoms. The first kappa shape index (κ1) is 12.0. The minimum atomic E-state index is -0.849. The van der Waals surface area contributed by atoms with Crippen LogP contribution >= 0.6 is 11.3 Å². The third-order valence-corrected chi connectivity index (χ3v) is 3.72. The molecule has 0 radical (unpaired) electrons. The van der Waals surface area contributed by atoms with Crippen molar-refractivity contribution in [3.63, 3.8) is 0 Å². The van der Waals surface area contributed by atoms with E-state index in [1.807, 2.05) is 0 Å². The summed E-state index contributed by atoms with van der Waals surface area (Å²) in [5, 5.41) is 22.5. The second-order valence-electron chi connectivity index (χ2n) is 4.03. The Bertz CT molecular complexity index is 441. The molecule has 1 atom stereocenters. The molecule has 6 nitrogen and oxygen atoms in total. The lowest BCUT2D eigenvalue weighted by atomic mass is 10.2. The molecule has 0 saturated heterocycles. The van der Waals surface area contributed by atoms with Gasteiger partial charge in [0.15, 0.2) is 0 Å². The fourth-order valence-corrected chi connectivity index (χ4v) is 2.43. The number of aliphatic carboxylic acids is 1. The molecule has 17 heavy (non-hydrogen) atoms. The van der Waals surface area contributed by atoms with Gasteiger partial charge in [-0.3, -0.25) is 20.2 Å². The largest absolute Gasteiger partial charge is 0.480 e. The number of nitro groups is 1. The van der Waals surface area contributed by atoms with E-state index in [0.29, 0.717) is 6.54 Å². The van der Waals surface area contributed by atoms with Crippen LogP contribution in [0.4, 0.5) is 5.00 Å². The van der Waals surface area contributed by atoms with Gasteiger partial charge in [-0.05, 0) is 24.8 Å². The topological polar surface area (TPSA) is 92.5 Å². The van der Waals surface area contributed by atoms with Crippen LogP contribution in [-0.4, -0.2) is 22.0 Å². The minimum absolute atomic E-state index is 0.0834. The van der Waals surface area contributed by atoms with Crippen LogP contribution in [0.2, 0.25) is 0 Å². The van der Waals surface area contributed by atoms with Gasteiger partial charge in [-0.25, -0.2) is 0 Å². The summed E-state index contributed by atoms with van der Waals surface area (Å²) in [6.45, 7) is 0.367. The summed E-state index contributed by atoms with van der Waals surface area (Å²) in [7, 11) is 0. The molecule has 0 aromatic carbocycles. The van der Waals surface area contributed by atoms with Crippen LogP contribution in [0.15, 0.2) is 12.1 Å². The third kappa shape index (κ3) is 3.01. The number of nitrogens with one attached hydrogen (secondary N) is 1. The Morgan fingerprint density at radius 2 is 2.35 bits per heavy atom. The first-order chi connectivity index (χ1) is 8.08. The van der Waals surface area contributed by atoms with Crippen molar-refractivity contribution in [3.8, 4) is 0 Å². The van der Waals surface area contributed by atoms with E-state index in [1.54, 1.807) is 6.07 Å². The number of rotatable bonds is 6. The molecular weight excluding hydrogens is 244 g/mol. The predicted octanol–water partition coefficient (Wildman–Crippen LogP) is 1.61. The third-order valence-electron chi connectivity index (χ3n) is 2.68. The van der Waals surface area contributed by atoms with E-state index < -0.39 is 16.9 Å². The lowest BCUT2D eigenvalue weighted by Crippen LogP contribution is -2.37. The molecule has 1 heterocycles. The quantitative estimate of drug-likeness (QED) is 0.596. The highest BCUT2D eigenvalue weighted by Gasteiger charge is 2.35. The second-order valence-corrected chi connectivity index (χ2v) is 5.18. The molecule has 92 valence electrons. The lowest BCUT2D eigenvalue weighted by molar-refractivity contribution is -0.380. The number of hydrogen-bond donors (Lipinski definition) is 2. The van der Waals surface area contributed by atoms with Crippen LogP contribution in [0.1, 0.15) is 17.7 Å². The van der Waals surface area contributed by atoms with Gasteiger partial charge in [-0.1, -0.05) is 11.3 Å². The molecule has 1 fully saturated rings. The minimum Gasteiger partial charge on any atom is -0.480 e. The van der Waals surface area contributed by atoms with Gasteiger partial charge in [0.1, 0.15) is 6.04 Å². The maximum Gasteiger partial charge on any atom is 0.324 e. The van der Waals surface area contributed by atoms with Crippen molar-refractivity contribution in [2.75, 3.05) is 0 Å². The van der Waals surface area contributed by atoms with Gasteiger partial charge in [0, 0.05) is 17.5 Å². The Morgan fingerprint density at radius 3 is 2.82 bits per heavy atom. The van der Waals surface area contributed by atoms with E-state index in [2.05, 4.69) is 5.32 Å². The van der Waals surface area contributed by atoms with Crippen LogP contribution in [0, 0.1) is 16.0 Å². The summed E-state index contributed by atoms with van der Waals surface area (Å²) in [5.41, 5.74) is 0. The number of carboxylic acids is 1. The van der Waals surface area contributed by atoms with Gasteiger partial charge in [0.25, 0.3) is 0 Å². The number of carbonyl (C=O) groups is 1. The molecular formula is C10H12N2O4S. The number of thiophene rings is 1. The molecule has 0 spiro atoms. The van der Waals surface area contributed by atoms with Gasteiger partial charge >= 0.3 is 11.0 Å². The van der Waals surface area contributed by atoms with E-state index in [9.17, 15) is 14.9 Å². The van der Waals surface area contributed by atoms with Crippen molar-refractivity contribution >= 4 is 22.3 Å². The fraction of sp³-hybridized carbons (Fsp3) is 0.500. The second kappa shape index (κ2) is 4.80. The van der Waals surface area contributed by atoms with Crippen LogP contribution in [0.3, 0.4) is 0 Å². The van der Waals surface area contributed by atoms with Crippen LogP contribution in [0.25, 0.3) is 0 Å². The van der Waals surface area contributed by atoms with Gasteiger partial charge in [0.05, 0.1) is 4.92 Å². The molecule has 1 aromatic rings. The lowest BCUT2D eigenvalue weighted by Gasteiger charge is -2.11. The molecule has 1 aliphatic rings. The standard InChI is InChI=1S/C10H12N2O4S/c13-10(14)9(6-1-2-6)11-5-7-3-4-8(17-7)12(15)16/h3-4,6,9,11H,1-2,5H2,(H,13,14). The number of nitrogens with zero attached hydrogens (tertiary/aromatic N) is 1. The van der Waals surface area contributed by atoms with Gasteiger partial charge in [-0.15, -0.1) is 0 Å². The highest BCUT2D eigenvalue weighted by Crippen LogP contribution is 2.33. The maximum absolute atomic E-state index is 10.9. The van der Waals surface area contributed by atoms with Crippen LogP contribution in [-0.2, 0) is 11.3 Å². The van der Waals surface area contributed by atoms with Gasteiger partial charge < -0.3 is 5.11 Å². The Hall–Kier alpha value is -1.47. The van der Waals surface area contributed by atoms with Crippen molar-refractivity contribution < 1.29 is 14.8 Å². The first-order valence-corrected chi connectivity index (χ1v) is 6.09. The summed E-state index contributed by atoms with van der Waals surface area (Å²) in [4.78, 5) is 21.8. The average molecular weight is 256 g/mol. The average Bonchev–Trinajstić information content (AvgIpc) is 2.95. The first-order valence-electron chi connectivity index (χ1n) is 5.27. The Balaban J connectivity index is 1.91. The monoisotopic (exact) mass is 256 g/mol. The summed E-state index contributed by atoms with van der Waals surface area (Å²) in [6, 6.07) is 2.56. The number of carboxylic acid groups (broad SMARTS) is 1. The van der Waals surface area contributed by atoms with Crippen molar-refractivity contribution in [1.82, 2.24) is 5.32 Å². The summed E-state index contributed by atoms with van der Waals surface area (Å²) in [6.07, 6.45) is 1.88. The molecule has 0 aliphatic heterocycles. The Kier molecular flexibility index (Phi) is 3.39. The van der Waals surface area contributed by atoms with E-state index in [1.165, 1.54) is 6.07 Å². The van der Waals surface area contributed by atoms with Crippen molar-refractivity contribution in [3.05, 3.63) is 27.1 Å². The zero-order valence-corrected chi connectivity index (χ0v) is 9.77. The van der Waals surface area contributed by atoms with Crippen LogP contribution < -0.4 is 5.32 Å². The predicted molar refractivity (Wildman–Crippen MR) is 62.0 cm³/mol. The molecule has 2 N–H and O–H groups in total. The highest BCUT2D eigenvalue weighted by molar-refractivity contribution is 7.15. The molecule has 1 aliphatic carbocycles. The smallest absolute Gasteiger partial charge is 0.324 e. The molecule has 1 aromatic heterocycles. The highest BCUT2D eigenvalue weighted by atomic mass is 32.1. The zero-order chi connectivity index (χ0) is 12.4. The molecule has 7 heteroatoms. The van der Waals surface area contributed by atoms with Crippen molar-refractivity contribution in [1.29, 1.82) is 0 Å². The maximum atomic E-state index is 10.9. The zero-order valence-electron chi connectivity index (χ0n) is 8.96. The SMILES string of the molecule is O=C(O)C(NCc1ccc([N+](=O)[O-])s1)C1CC1. The molecule has 1 unspecified atom stereocenters. The van der Waals surface area contributed by atoms with E-state index >= 15 is 0 Å². The van der Waals surface area contributed by atoms with Crippen molar-refractivity contribution in [2.24, 2.45) is 5.92 Å².